The van der Waals surface area contributed by atoms with E-state index in [1.54, 1.807) is 13.4 Å². The lowest BCUT2D eigenvalue weighted by Gasteiger charge is -2.12. The molecule has 1 aromatic heterocycles. The molecule has 1 aromatic carbocycles. The van der Waals surface area contributed by atoms with Crippen molar-refractivity contribution in [3.8, 4) is 5.75 Å². The fourth-order valence-electron chi connectivity index (χ4n) is 1.77. The maximum atomic E-state index is 6.16. The largest absolute Gasteiger partial charge is 0.496 e. The molecule has 2 N–H and O–H groups in total. The van der Waals surface area contributed by atoms with Gasteiger partial charge in [-0.25, -0.2) is 0 Å². The van der Waals surface area contributed by atoms with Gasteiger partial charge in [-0.2, -0.15) is 0 Å². The molecular weight excluding hydrogens is 282 g/mol. The Morgan fingerprint density at radius 2 is 2.12 bits per heavy atom. The van der Waals surface area contributed by atoms with E-state index in [0.29, 0.717) is 0 Å². The van der Waals surface area contributed by atoms with Crippen LogP contribution in [0.25, 0.3) is 0 Å². The fraction of sp³-hybridized carbons (Fsp3) is 0.231. The number of hydrogen-bond donors (Lipinski definition) is 1. The molecule has 17 heavy (non-hydrogen) atoms. The Balaban J connectivity index is 2.35. The van der Waals surface area contributed by atoms with Crippen molar-refractivity contribution in [1.82, 2.24) is 0 Å². The molecule has 0 aliphatic carbocycles. The van der Waals surface area contributed by atoms with Crippen LogP contribution in [-0.2, 0) is 0 Å². The quantitative estimate of drug-likeness (QED) is 0.944. The first-order chi connectivity index (χ1) is 8.13. The van der Waals surface area contributed by atoms with Gasteiger partial charge >= 0.3 is 0 Å². The molecular formula is C13H14BrNO2. The summed E-state index contributed by atoms with van der Waals surface area (Å²) in [6.45, 7) is 1.99. The van der Waals surface area contributed by atoms with Crippen molar-refractivity contribution in [2.45, 2.75) is 13.0 Å². The normalized spacial score (nSPS) is 12.5. The Morgan fingerprint density at radius 3 is 2.65 bits per heavy atom. The van der Waals surface area contributed by atoms with E-state index in [9.17, 15) is 0 Å². The van der Waals surface area contributed by atoms with Crippen LogP contribution >= 0.6 is 15.9 Å². The van der Waals surface area contributed by atoms with Crippen LogP contribution < -0.4 is 10.5 Å². The number of rotatable bonds is 3. The van der Waals surface area contributed by atoms with Gasteiger partial charge in [0.15, 0.2) is 0 Å². The van der Waals surface area contributed by atoms with Crippen molar-refractivity contribution in [2.24, 2.45) is 5.73 Å². The lowest BCUT2D eigenvalue weighted by molar-refractivity contribution is 0.411. The standard InChI is InChI=1S/C13H14BrNO2/c1-8-7-9(3-4-11(8)16-2)12(15)13-10(14)5-6-17-13/h3-7,12H,15H2,1-2H3. The summed E-state index contributed by atoms with van der Waals surface area (Å²) in [6.07, 6.45) is 1.62. The number of halogens is 1. The summed E-state index contributed by atoms with van der Waals surface area (Å²) in [5.74, 6) is 1.59. The van der Waals surface area contributed by atoms with E-state index in [0.717, 1.165) is 27.1 Å². The van der Waals surface area contributed by atoms with E-state index in [2.05, 4.69) is 15.9 Å². The van der Waals surface area contributed by atoms with Gasteiger partial charge in [0.05, 0.1) is 23.9 Å². The molecule has 0 spiro atoms. The number of hydrogen-bond acceptors (Lipinski definition) is 3. The number of benzene rings is 1. The summed E-state index contributed by atoms with van der Waals surface area (Å²) < 4.78 is 11.5. The van der Waals surface area contributed by atoms with Gasteiger partial charge in [0.25, 0.3) is 0 Å². The summed E-state index contributed by atoms with van der Waals surface area (Å²) in [5, 5.41) is 0. The number of ether oxygens (including phenoxy) is 1. The van der Waals surface area contributed by atoms with E-state index >= 15 is 0 Å². The predicted octanol–water partition coefficient (Wildman–Crippen LogP) is 3.41. The van der Waals surface area contributed by atoms with Gasteiger partial charge < -0.3 is 14.9 Å². The molecule has 0 fully saturated rings. The minimum atomic E-state index is -0.274. The molecule has 1 unspecified atom stereocenters. The number of nitrogens with two attached hydrogens (primary N) is 1. The number of methoxy groups -OCH3 is 1. The van der Waals surface area contributed by atoms with Crippen molar-refractivity contribution in [3.63, 3.8) is 0 Å². The Morgan fingerprint density at radius 1 is 1.35 bits per heavy atom. The summed E-state index contributed by atoms with van der Waals surface area (Å²) in [7, 11) is 1.66. The van der Waals surface area contributed by atoms with Crippen LogP contribution in [0.15, 0.2) is 39.4 Å². The minimum absolute atomic E-state index is 0.274. The van der Waals surface area contributed by atoms with Crippen molar-refractivity contribution in [1.29, 1.82) is 0 Å². The summed E-state index contributed by atoms with van der Waals surface area (Å²) in [4.78, 5) is 0. The molecule has 0 aliphatic rings. The SMILES string of the molecule is COc1ccc(C(N)c2occc2Br)cc1C. The fourth-order valence-corrected chi connectivity index (χ4v) is 2.22. The van der Waals surface area contributed by atoms with Crippen LogP contribution in [0, 0.1) is 6.92 Å². The van der Waals surface area contributed by atoms with Crippen LogP contribution in [-0.4, -0.2) is 7.11 Å². The monoisotopic (exact) mass is 295 g/mol. The second kappa shape index (κ2) is 4.94. The van der Waals surface area contributed by atoms with Crippen LogP contribution in [0.1, 0.15) is 22.9 Å². The van der Waals surface area contributed by atoms with Crippen molar-refractivity contribution in [3.05, 3.63) is 51.9 Å². The first-order valence-electron chi connectivity index (χ1n) is 5.26. The highest BCUT2D eigenvalue weighted by Crippen LogP contribution is 2.29. The average Bonchev–Trinajstić information content (AvgIpc) is 2.74. The first kappa shape index (κ1) is 12.2. The Hall–Kier alpha value is -1.26. The third-order valence-electron chi connectivity index (χ3n) is 2.71. The third kappa shape index (κ3) is 2.37. The summed E-state index contributed by atoms with van der Waals surface area (Å²) >= 11 is 3.41. The van der Waals surface area contributed by atoms with Gasteiger partial charge in [0.1, 0.15) is 11.5 Å². The first-order valence-corrected chi connectivity index (χ1v) is 6.05. The van der Waals surface area contributed by atoms with Gasteiger partial charge in [0, 0.05) is 0 Å². The molecule has 0 bridgehead atoms. The molecule has 1 atom stereocenters. The maximum absolute atomic E-state index is 6.16. The second-order valence-corrected chi connectivity index (χ2v) is 4.69. The van der Waals surface area contributed by atoms with E-state index in [-0.39, 0.29) is 6.04 Å². The van der Waals surface area contributed by atoms with Crippen LogP contribution in [0.4, 0.5) is 0 Å². The molecule has 0 aliphatic heterocycles. The molecule has 0 saturated heterocycles. The minimum Gasteiger partial charge on any atom is -0.496 e. The van der Waals surface area contributed by atoms with Crippen molar-refractivity contribution in [2.75, 3.05) is 7.11 Å². The highest BCUT2D eigenvalue weighted by atomic mass is 79.9. The van der Waals surface area contributed by atoms with Gasteiger partial charge in [-0.05, 0) is 46.1 Å². The zero-order chi connectivity index (χ0) is 12.4. The molecule has 2 aromatic rings. The zero-order valence-electron chi connectivity index (χ0n) is 9.74. The van der Waals surface area contributed by atoms with E-state index in [1.165, 1.54) is 0 Å². The Labute approximate surface area is 109 Å². The highest BCUT2D eigenvalue weighted by Gasteiger charge is 2.16. The number of aryl methyl sites for hydroxylation is 1. The van der Waals surface area contributed by atoms with Crippen LogP contribution in [0.5, 0.6) is 5.75 Å². The summed E-state index contributed by atoms with van der Waals surface area (Å²) in [6, 6.07) is 7.45. The second-order valence-electron chi connectivity index (χ2n) is 3.84. The maximum Gasteiger partial charge on any atom is 0.139 e. The molecule has 0 saturated carbocycles. The van der Waals surface area contributed by atoms with Crippen molar-refractivity contribution < 1.29 is 9.15 Å². The van der Waals surface area contributed by atoms with Crippen LogP contribution in [0.3, 0.4) is 0 Å². The van der Waals surface area contributed by atoms with E-state index in [4.69, 9.17) is 14.9 Å². The van der Waals surface area contributed by atoms with Gasteiger partial charge in [0.2, 0.25) is 0 Å². The molecule has 90 valence electrons. The zero-order valence-corrected chi connectivity index (χ0v) is 11.3. The summed E-state index contributed by atoms with van der Waals surface area (Å²) in [5.41, 5.74) is 8.21. The van der Waals surface area contributed by atoms with Crippen LogP contribution in [0.2, 0.25) is 0 Å². The molecule has 0 amide bonds. The Kier molecular flexibility index (Phi) is 3.54. The number of furan rings is 1. The lowest BCUT2D eigenvalue weighted by Crippen LogP contribution is -2.11. The smallest absolute Gasteiger partial charge is 0.139 e. The molecule has 0 radical (unpaired) electrons. The highest BCUT2D eigenvalue weighted by molar-refractivity contribution is 9.10. The van der Waals surface area contributed by atoms with Gasteiger partial charge in [-0.3, -0.25) is 0 Å². The molecule has 1 heterocycles. The predicted molar refractivity (Wildman–Crippen MR) is 70.2 cm³/mol. The average molecular weight is 296 g/mol. The molecule has 3 nitrogen and oxygen atoms in total. The topological polar surface area (TPSA) is 48.4 Å². The Bertz CT molecular complexity index is 522. The lowest BCUT2D eigenvalue weighted by atomic mass is 10.0. The van der Waals surface area contributed by atoms with Gasteiger partial charge in [-0.15, -0.1) is 0 Å². The molecule has 4 heteroatoms. The third-order valence-corrected chi connectivity index (χ3v) is 3.36. The van der Waals surface area contributed by atoms with E-state index < -0.39 is 0 Å². The van der Waals surface area contributed by atoms with Crippen molar-refractivity contribution >= 4 is 15.9 Å². The van der Waals surface area contributed by atoms with Gasteiger partial charge in [-0.1, -0.05) is 12.1 Å². The van der Waals surface area contributed by atoms with E-state index in [1.807, 2.05) is 31.2 Å². The molecule has 2 rings (SSSR count).